The number of carbonyl (C=O) groups excluding carboxylic acids is 2. The van der Waals surface area contributed by atoms with Gasteiger partial charge in [-0.2, -0.15) is 5.10 Å². The molecule has 2 atom stereocenters. The van der Waals surface area contributed by atoms with E-state index in [2.05, 4.69) is 24.3 Å². The minimum Gasteiger partial charge on any atom is -0.340 e. The number of amides is 2. The first kappa shape index (κ1) is 15.5. The zero-order valence-corrected chi connectivity index (χ0v) is 13.2. The van der Waals surface area contributed by atoms with Crippen LogP contribution in [0, 0.1) is 0 Å². The van der Waals surface area contributed by atoms with Gasteiger partial charge in [0, 0.05) is 12.2 Å². The Morgan fingerprint density at radius 2 is 2.14 bits per heavy atom. The molecule has 6 nitrogen and oxygen atoms in total. The summed E-state index contributed by atoms with van der Waals surface area (Å²) in [5.41, 5.74) is 0.0195. The van der Waals surface area contributed by atoms with Gasteiger partial charge in [0.1, 0.15) is 12.1 Å². The van der Waals surface area contributed by atoms with Gasteiger partial charge < -0.3 is 10.2 Å². The summed E-state index contributed by atoms with van der Waals surface area (Å²) in [6.45, 7) is 8.37. The molecule has 1 aliphatic rings. The molecular weight excluding hydrogens is 268 g/mol. The second-order valence-corrected chi connectivity index (χ2v) is 5.94. The first-order valence-corrected chi connectivity index (χ1v) is 7.54. The Bertz CT molecular complexity index is 540. The zero-order valence-electron chi connectivity index (χ0n) is 13.2. The molecule has 21 heavy (non-hydrogen) atoms. The van der Waals surface area contributed by atoms with Gasteiger partial charge in [0.25, 0.3) is 0 Å². The lowest BCUT2D eigenvalue weighted by Crippen LogP contribution is -2.64. The van der Waals surface area contributed by atoms with E-state index in [1.54, 1.807) is 11.8 Å². The number of nitrogens with zero attached hydrogens (tertiary/aromatic N) is 3. The summed E-state index contributed by atoms with van der Waals surface area (Å²) in [4.78, 5) is 25.9. The fourth-order valence-electron chi connectivity index (χ4n) is 2.45. The molecule has 0 saturated carbocycles. The maximum absolute atomic E-state index is 12.5. The summed E-state index contributed by atoms with van der Waals surface area (Å²) in [6, 6.07) is 2.25. The van der Waals surface area contributed by atoms with Crippen LogP contribution in [-0.4, -0.2) is 38.6 Å². The van der Waals surface area contributed by atoms with Crippen molar-refractivity contribution in [1.29, 1.82) is 0 Å². The van der Waals surface area contributed by atoms with E-state index in [-0.39, 0.29) is 18.4 Å². The molecule has 0 radical (unpaired) electrons. The molecule has 1 saturated heterocycles. The Morgan fingerprint density at radius 3 is 2.76 bits per heavy atom. The lowest BCUT2D eigenvalue weighted by Gasteiger charge is -2.38. The summed E-state index contributed by atoms with van der Waals surface area (Å²) < 4.78 is 1.91. The van der Waals surface area contributed by atoms with Crippen molar-refractivity contribution < 1.29 is 9.59 Å². The van der Waals surface area contributed by atoms with Crippen molar-refractivity contribution in [1.82, 2.24) is 20.0 Å². The predicted molar refractivity (Wildman–Crippen MR) is 79.5 cm³/mol. The van der Waals surface area contributed by atoms with E-state index in [1.807, 2.05) is 23.9 Å². The summed E-state index contributed by atoms with van der Waals surface area (Å²) in [7, 11) is 0. The zero-order chi connectivity index (χ0) is 15.6. The molecule has 2 amide bonds. The topological polar surface area (TPSA) is 67.2 Å². The van der Waals surface area contributed by atoms with Crippen LogP contribution < -0.4 is 5.32 Å². The average molecular weight is 292 g/mol. The maximum atomic E-state index is 12.5. The minimum absolute atomic E-state index is 0.0392. The van der Waals surface area contributed by atoms with Gasteiger partial charge in [-0.3, -0.25) is 14.3 Å². The molecule has 2 rings (SSSR count). The fraction of sp³-hybridized carbons (Fsp3) is 0.667. The number of piperazine rings is 1. The molecule has 116 valence electrons. The lowest BCUT2D eigenvalue weighted by atomic mass is 9.94. The molecular formula is C15H24N4O2. The highest BCUT2D eigenvalue weighted by molar-refractivity contribution is 5.97. The molecule has 2 unspecified atom stereocenters. The highest BCUT2D eigenvalue weighted by Crippen LogP contribution is 2.19. The number of aromatic nitrogens is 2. The van der Waals surface area contributed by atoms with E-state index >= 15 is 0 Å². The highest BCUT2D eigenvalue weighted by Gasteiger charge is 2.41. The molecule has 1 aromatic heterocycles. The first-order chi connectivity index (χ1) is 9.89. The Morgan fingerprint density at radius 1 is 1.43 bits per heavy atom. The maximum Gasteiger partial charge on any atom is 0.248 e. The second-order valence-electron chi connectivity index (χ2n) is 5.94. The molecule has 0 bridgehead atoms. The SMILES string of the molecule is CCC(C)n1ccc(CN2CC(=O)NC(C)(CC)C2=O)n1. The van der Waals surface area contributed by atoms with Gasteiger partial charge in [-0.05, 0) is 32.8 Å². The van der Waals surface area contributed by atoms with Crippen LogP contribution in [-0.2, 0) is 16.1 Å². The van der Waals surface area contributed by atoms with Crippen LogP contribution in [0.3, 0.4) is 0 Å². The third kappa shape index (κ3) is 3.09. The number of carbonyl (C=O) groups is 2. The van der Waals surface area contributed by atoms with Crippen molar-refractivity contribution in [3.05, 3.63) is 18.0 Å². The standard InChI is InChI=1S/C15H24N4O2/c1-5-11(3)19-8-7-12(17-19)9-18-10-13(20)16-15(4,6-2)14(18)21/h7-8,11H,5-6,9-10H2,1-4H3,(H,16,20). The van der Waals surface area contributed by atoms with E-state index in [1.165, 1.54) is 0 Å². The number of hydrogen-bond acceptors (Lipinski definition) is 3. The van der Waals surface area contributed by atoms with Crippen LogP contribution in [0.1, 0.15) is 52.3 Å². The summed E-state index contributed by atoms with van der Waals surface area (Å²) in [5, 5.41) is 7.28. The summed E-state index contributed by atoms with van der Waals surface area (Å²) in [6.07, 6.45) is 3.51. The smallest absolute Gasteiger partial charge is 0.248 e. The van der Waals surface area contributed by atoms with Gasteiger partial charge in [0.05, 0.1) is 12.2 Å². The molecule has 1 fully saturated rings. The monoisotopic (exact) mass is 292 g/mol. The van der Waals surface area contributed by atoms with Crippen molar-refractivity contribution in [2.45, 2.75) is 58.7 Å². The Kier molecular flexibility index (Phi) is 4.34. The molecule has 0 spiro atoms. The molecule has 1 aliphatic heterocycles. The fourth-order valence-corrected chi connectivity index (χ4v) is 2.45. The van der Waals surface area contributed by atoms with E-state index in [0.717, 1.165) is 12.1 Å². The van der Waals surface area contributed by atoms with Gasteiger partial charge >= 0.3 is 0 Å². The molecule has 1 aromatic rings. The van der Waals surface area contributed by atoms with Crippen LogP contribution >= 0.6 is 0 Å². The van der Waals surface area contributed by atoms with E-state index in [4.69, 9.17) is 0 Å². The van der Waals surface area contributed by atoms with Crippen LogP contribution in [0.4, 0.5) is 0 Å². The van der Waals surface area contributed by atoms with Crippen molar-refractivity contribution in [2.75, 3.05) is 6.54 Å². The molecule has 0 aromatic carbocycles. The lowest BCUT2D eigenvalue weighted by molar-refractivity contribution is -0.150. The van der Waals surface area contributed by atoms with Gasteiger partial charge in [-0.1, -0.05) is 13.8 Å². The average Bonchev–Trinajstić information content (AvgIpc) is 2.92. The van der Waals surface area contributed by atoms with Crippen LogP contribution in [0.5, 0.6) is 0 Å². The highest BCUT2D eigenvalue weighted by atomic mass is 16.2. The van der Waals surface area contributed by atoms with Gasteiger partial charge in [-0.25, -0.2) is 0 Å². The first-order valence-electron chi connectivity index (χ1n) is 7.54. The van der Waals surface area contributed by atoms with Crippen LogP contribution in [0.15, 0.2) is 12.3 Å². The molecule has 1 N–H and O–H groups in total. The van der Waals surface area contributed by atoms with Crippen molar-refractivity contribution in [3.63, 3.8) is 0 Å². The normalized spacial score (nSPS) is 24.1. The number of nitrogens with one attached hydrogen (secondary N) is 1. The Balaban J connectivity index is 2.13. The van der Waals surface area contributed by atoms with E-state index in [9.17, 15) is 9.59 Å². The summed E-state index contributed by atoms with van der Waals surface area (Å²) in [5.74, 6) is -0.150. The van der Waals surface area contributed by atoms with Crippen molar-refractivity contribution >= 4 is 11.8 Å². The minimum atomic E-state index is -0.797. The summed E-state index contributed by atoms with van der Waals surface area (Å²) >= 11 is 0. The third-order valence-electron chi connectivity index (χ3n) is 4.27. The molecule has 2 heterocycles. The van der Waals surface area contributed by atoms with E-state index < -0.39 is 5.54 Å². The van der Waals surface area contributed by atoms with Gasteiger partial charge in [-0.15, -0.1) is 0 Å². The number of hydrogen-bond donors (Lipinski definition) is 1. The van der Waals surface area contributed by atoms with Gasteiger partial charge in [0.15, 0.2) is 0 Å². The Labute approximate surface area is 125 Å². The quantitative estimate of drug-likeness (QED) is 0.894. The number of rotatable bonds is 5. The van der Waals surface area contributed by atoms with E-state index in [0.29, 0.717) is 19.0 Å². The van der Waals surface area contributed by atoms with Crippen LogP contribution in [0.25, 0.3) is 0 Å². The van der Waals surface area contributed by atoms with Gasteiger partial charge in [0.2, 0.25) is 11.8 Å². The largest absolute Gasteiger partial charge is 0.340 e. The second kappa shape index (κ2) is 5.87. The van der Waals surface area contributed by atoms with Crippen LogP contribution in [0.2, 0.25) is 0 Å². The predicted octanol–water partition coefficient (Wildman–Crippen LogP) is 1.48. The Hall–Kier alpha value is -1.85. The molecule has 6 heteroatoms. The molecule has 0 aliphatic carbocycles. The van der Waals surface area contributed by atoms with Crippen molar-refractivity contribution in [2.24, 2.45) is 0 Å². The third-order valence-corrected chi connectivity index (χ3v) is 4.27. The van der Waals surface area contributed by atoms with Crippen molar-refractivity contribution in [3.8, 4) is 0 Å².